The van der Waals surface area contributed by atoms with Gasteiger partial charge in [-0.05, 0) is 31.7 Å². The molecule has 1 aliphatic heterocycles. The Morgan fingerprint density at radius 2 is 1.92 bits per heavy atom. The molecule has 1 saturated heterocycles. The largest absolute Gasteiger partial charge is 0.433 e. The predicted octanol–water partition coefficient (Wildman–Crippen LogP) is 2.49. The molecule has 0 radical (unpaired) electrons. The monoisotopic (exact) mass is 349 g/mol. The van der Waals surface area contributed by atoms with E-state index in [0.717, 1.165) is 38.5 Å². The highest BCUT2D eigenvalue weighted by atomic mass is 16.6. The fourth-order valence-corrected chi connectivity index (χ4v) is 3.64. The molecular formula is C17H23N3O5. The zero-order valence-electron chi connectivity index (χ0n) is 14.1. The van der Waals surface area contributed by atoms with E-state index < -0.39 is 16.7 Å². The average molecular weight is 349 g/mol. The van der Waals surface area contributed by atoms with Crippen molar-refractivity contribution in [3.8, 4) is 0 Å². The fraction of sp³-hybridized carbons (Fsp3) is 0.647. The molecular weight excluding hydrogens is 326 g/mol. The number of hydrogen-bond donors (Lipinski definition) is 1. The number of rotatable bonds is 4. The van der Waals surface area contributed by atoms with E-state index in [0.29, 0.717) is 13.1 Å². The van der Waals surface area contributed by atoms with Gasteiger partial charge < -0.3 is 14.6 Å². The number of hydrogen-bond acceptors (Lipinski definition) is 5. The molecule has 25 heavy (non-hydrogen) atoms. The number of carbonyl (C=O) groups excluding carboxylic acids is 2. The molecule has 8 nitrogen and oxygen atoms in total. The number of likely N-dealkylation sites (tertiary alicyclic amines) is 1. The summed E-state index contributed by atoms with van der Waals surface area (Å²) < 4.78 is 4.99. The van der Waals surface area contributed by atoms with E-state index in [1.54, 1.807) is 4.90 Å². The lowest BCUT2D eigenvalue weighted by atomic mass is 9.93. The summed E-state index contributed by atoms with van der Waals surface area (Å²) in [6.07, 6.45) is 7.06. The second-order valence-corrected chi connectivity index (χ2v) is 6.83. The van der Waals surface area contributed by atoms with E-state index >= 15 is 0 Å². The van der Waals surface area contributed by atoms with Crippen LogP contribution in [-0.4, -0.2) is 40.8 Å². The van der Waals surface area contributed by atoms with Crippen molar-refractivity contribution in [3.05, 3.63) is 28.0 Å². The third kappa shape index (κ3) is 4.18. The van der Waals surface area contributed by atoms with Crippen LogP contribution in [0.3, 0.4) is 0 Å². The molecule has 2 aliphatic rings. The second-order valence-electron chi connectivity index (χ2n) is 6.83. The van der Waals surface area contributed by atoms with E-state index in [-0.39, 0.29) is 23.6 Å². The minimum absolute atomic E-state index is 0.00910. The number of furan rings is 1. The van der Waals surface area contributed by atoms with Crippen molar-refractivity contribution in [2.24, 2.45) is 5.92 Å². The summed E-state index contributed by atoms with van der Waals surface area (Å²) in [5, 5.41) is 13.8. The van der Waals surface area contributed by atoms with Crippen LogP contribution in [0.2, 0.25) is 0 Å². The summed E-state index contributed by atoms with van der Waals surface area (Å²) in [4.78, 5) is 36.5. The normalized spacial score (nSPS) is 21.8. The minimum Gasteiger partial charge on any atom is -0.395 e. The van der Waals surface area contributed by atoms with Gasteiger partial charge in [0, 0.05) is 19.1 Å². The molecule has 3 rings (SSSR count). The van der Waals surface area contributed by atoms with Crippen molar-refractivity contribution >= 4 is 17.7 Å². The number of piperidine rings is 1. The third-order valence-corrected chi connectivity index (χ3v) is 5.01. The number of carbonyl (C=O) groups is 2. The Labute approximate surface area is 145 Å². The average Bonchev–Trinajstić information content (AvgIpc) is 3.12. The van der Waals surface area contributed by atoms with Gasteiger partial charge in [-0.1, -0.05) is 19.3 Å². The van der Waals surface area contributed by atoms with Crippen LogP contribution in [0.5, 0.6) is 0 Å². The highest BCUT2D eigenvalue weighted by Crippen LogP contribution is 2.23. The van der Waals surface area contributed by atoms with Gasteiger partial charge in [-0.25, -0.2) is 0 Å². The smallest absolute Gasteiger partial charge is 0.395 e. The molecule has 8 heteroatoms. The minimum atomic E-state index is -0.673. The van der Waals surface area contributed by atoms with E-state index in [2.05, 4.69) is 5.32 Å². The number of nitro groups is 1. The maximum atomic E-state index is 12.5. The molecule has 1 aliphatic carbocycles. The standard InChI is InChI=1S/C17H23N3O5/c21-16(18-13-6-2-1-3-7-13)12-5-4-10-19(11-12)17(22)14-8-9-15(25-14)20(23)24/h8-9,12-13H,1-7,10-11H2,(H,18,21)/t12-/m1/s1. The Morgan fingerprint density at radius 1 is 1.16 bits per heavy atom. The molecule has 136 valence electrons. The Bertz CT molecular complexity index is 650. The van der Waals surface area contributed by atoms with Gasteiger partial charge in [0.05, 0.1) is 12.0 Å². The van der Waals surface area contributed by atoms with Crippen molar-refractivity contribution in [2.75, 3.05) is 13.1 Å². The lowest BCUT2D eigenvalue weighted by Crippen LogP contribution is -2.47. The first kappa shape index (κ1) is 17.4. The van der Waals surface area contributed by atoms with Gasteiger partial charge in [0.15, 0.2) is 5.76 Å². The first-order valence-electron chi connectivity index (χ1n) is 8.88. The van der Waals surface area contributed by atoms with Gasteiger partial charge >= 0.3 is 5.88 Å². The molecule has 2 fully saturated rings. The van der Waals surface area contributed by atoms with Crippen LogP contribution in [0.25, 0.3) is 0 Å². The first-order chi connectivity index (χ1) is 12.0. The summed E-state index contributed by atoms with van der Waals surface area (Å²) in [6, 6.07) is 2.73. The SMILES string of the molecule is O=C(NC1CCCCC1)[C@@H]1CCCN(C(=O)c2ccc([N+](=O)[O-])o2)C1. The van der Waals surface area contributed by atoms with Gasteiger partial charge in [-0.15, -0.1) is 0 Å². The molecule has 1 atom stereocenters. The van der Waals surface area contributed by atoms with E-state index in [9.17, 15) is 19.7 Å². The van der Waals surface area contributed by atoms with E-state index in [4.69, 9.17) is 4.42 Å². The molecule has 0 aromatic carbocycles. The molecule has 1 N–H and O–H groups in total. The lowest BCUT2D eigenvalue weighted by molar-refractivity contribution is -0.402. The Kier molecular flexibility index (Phi) is 5.35. The molecule has 1 aromatic rings. The fourth-order valence-electron chi connectivity index (χ4n) is 3.64. The van der Waals surface area contributed by atoms with Crippen molar-refractivity contribution in [1.82, 2.24) is 10.2 Å². The van der Waals surface area contributed by atoms with Gasteiger partial charge in [-0.2, -0.15) is 0 Å². The zero-order valence-corrected chi connectivity index (χ0v) is 14.1. The summed E-state index contributed by atoms with van der Waals surface area (Å²) in [6.45, 7) is 0.854. The van der Waals surface area contributed by atoms with Gasteiger partial charge in [-0.3, -0.25) is 19.7 Å². The Balaban J connectivity index is 1.58. The number of nitrogens with one attached hydrogen (secondary N) is 1. The van der Waals surface area contributed by atoms with E-state index in [1.165, 1.54) is 18.6 Å². The van der Waals surface area contributed by atoms with Crippen LogP contribution < -0.4 is 5.32 Å². The maximum Gasteiger partial charge on any atom is 0.433 e. The Hall–Kier alpha value is -2.38. The summed E-state index contributed by atoms with van der Waals surface area (Å²) in [5.74, 6) is -1.13. The molecule has 1 saturated carbocycles. The maximum absolute atomic E-state index is 12.5. The van der Waals surface area contributed by atoms with Crippen LogP contribution >= 0.6 is 0 Å². The highest BCUT2D eigenvalue weighted by molar-refractivity contribution is 5.92. The van der Waals surface area contributed by atoms with Crippen LogP contribution in [-0.2, 0) is 4.79 Å². The molecule has 0 spiro atoms. The third-order valence-electron chi connectivity index (χ3n) is 5.01. The van der Waals surface area contributed by atoms with Gasteiger partial charge in [0.1, 0.15) is 4.92 Å². The van der Waals surface area contributed by atoms with Crippen LogP contribution in [0.4, 0.5) is 5.88 Å². The molecule has 1 aromatic heterocycles. The van der Waals surface area contributed by atoms with E-state index in [1.807, 2.05) is 0 Å². The van der Waals surface area contributed by atoms with Crippen molar-refractivity contribution < 1.29 is 18.9 Å². The van der Waals surface area contributed by atoms with Crippen molar-refractivity contribution in [1.29, 1.82) is 0 Å². The predicted molar refractivity (Wildman–Crippen MR) is 89.0 cm³/mol. The second kappa shape index (κ2) is 7.67. The number of amides is 2. The van der Waals surface area contributed by atoms with Crippen LogP contribution in [0, 0.1) is 16.0 Å². The molecule has 2 amide bonds. The van der Waals surface area contributed by atoms with Crippen molar-refractivity contribution in [3.63, 3.8) is 0 Å². The van der Waals surface area contributed by atoms with Crippen LogP contribution in [0.15, 0.2) is 16.5 Å². The topological polar surface area (TPSA) is 106 Å². The van der Waals surface area contributed by atoms with Gasteiger partial charge in [0.25, 0.3) is 5.91 Å². The summed E-state index contributed by atoms with van der Waals surface area (Å²) in [7, 11) is 0. The molecule has 2 heterocycles. The lowest BCUT2D eigenvalue weighted by Gasteiger charge is -2.33. The number of nitrogens with zero attached hydrogens (tertiary/aromatic N) is 2. The molecule has 0 bridgehead atoms. The summed E-state index contributed by atoms with van der Waals surface area (Å²) >= 11 is 0. The quantitative estimate of drug-likeness (QED) is 0.664. The summed E-state index contributed by atoms with van der Waals surface area (Å²) in [5.41, 5.74) is 0. The highest BCUT2D eigenvalue weighted by Gasteiger charge is 2.31. The van der Waals surface area contributed by atoms with Crippen molar-refractivity contribution in [2.45, 2.75) is 51.0 Å². The van der Waals surface area contributed by atoms with Gasteiger partial charge in [0.2, 0.25) is 5.91 Å². The molecule has 0 unspecified atom stereocenters. The first-order valence-corrected chi connectivity index (χ1v) is 8.88. The zero-order chi connectivity index (χ0) is 17.8. The Morgan fingerprint density at radius 3 is 2.60 bits per heavy atom. The van der Waals surface area contributed by atoms with Crippen LogP contribution in [0.1, 0.15) is 55.5 Å².